The lowest BCUT2D eigenvalue weighted by Gasteiger charge is -2.06. The number of carbonyl (C=O) groups is 1. The van der Waals surface area contributed by atoms with E-state index < -0.39 is 0 Å². The first-order valence-corrected chi connectivity index (χ1v) is 6.33. The van der Waals surface area contributed by atoms with Crippen LogP contribution in [0.15, 0.2) is 30.5 Å². The van der Waals surface area contributed by atoms with Gasteiger partial charge in [-0.2, -0.15) is 5.10 Å². The standard InChI is InChI=1S/C14H18N4O/c1-11-9-12(2)18(17-11)8-6-14(19)16-10-13-5-3-4-7-15-13/h3-5,7,9H,6,8,10H2,1-2H3,(H,16,19). The minimum atomic E-state index is 0.0122. The van der Waals surface area contributed by atoms with Gasteiger partial charge in [0.15, 0.2) is 0 Å². The van der Waals surface area contributed by atoms with Gasteiger partial charge in [0.2, 0.25) is 5.91 Å². The SMILES string of the molecule is Cc1cc(C)n(CCC(=O)NCc2ccccn2)n1. The Kier molecular flexibility index (Phi) is 4.28. The maximum atomic E-state index is 11.7. The highest BCUT2D eigenvalue weighted by atomic mass is 16.1. The molecule has 0 aliphatic rings. The van der Waals surface area contributed by atoms with Gasteiger partial charge in [-0.15, -0.1) is 0 Å². The third-order valence-corrected chi connectivity index (χ3v) is 2.85. The number of pyridine rings is 1. The van der Waals surface area contributed by atoms with E-state index >= 15 is 0 Å². The molecule has 0 saturated carbocycles. The van der Waals surface area contributed by atoms with Gasteiger partial charge >= 0.3 is 0 Å². The molecule has 5 nitrogen and oxygen atoms in total. The van der Waals surface area contributed by atoms with E-state index in [1.54, 1.807) is 6.20 Å². The lowest BCUT2D eigenvalue weighted by atomic mass is 10.3. The van der Waals surface area contributed by atoms with Crippen LogP contribution in [0.1, 0.15) is 23.5 Å². The van der Waals surface area contributed by atoms with Crippen molar-refractivity contribution in [2.24, 2.45) is 0 Å². The molecule has 1 N–H and O–H groups in total. The van der Waals surface area contributed by atoms with E-state index in [9.17, 15) is 4.79 Å². The minimum absolute atomic E-state index is 0.0122. The third kappa shape index (κ3) is 3.91. The summed E-state index contributed by atoms with van der Waals surface area (Å²) in [5.41, 5.74) is 2.92. The molecule has 0 aromatic carbocycles. The highest BCUT2D eigenvalue weighted by Gasteiger charge is 2.05. The topological polar surface area (TPSA) is 59.8 Å². The molecule has 2 rings (SSSR count). The van der Waals surface area contributed by atoms with E-state index in [1.165, 1.54) is 0 Å². The molecule has 0 spiro atoms. The van der Waals surface area contributed by atoms with Crippen LogP contribution in [0, 0.1) is 13.8 Å². The molecule has 5 heteroatoms. The van der Waals surface area contributed by atoms with Crippen molar-refractivity contribution in [3.05, 3.63) is 47.5 Å². The Morgan fingerprint density at radius 2 is 2.21 bits per heavy atom. The number of rotatable bonds is 5. The van der Waals surface area contributed by atoms with Crippen molar-refractivity contribution < 1.29 is 4.79 Å². The molecule has 2 heterocycles. The summed E-state index contributed by atoms with van der Waals surface area (Å²) in [4.78, 5) is 15.9. The van der Waals surface area contributed by atoms with Crippen LogP contribution < -0.4 is 5.32 Å². The average molecular weight is 258 g/mol. The van der Waals surface area contributed by atoms with Gasteiger partial charge in [-0.05, 0) is 32.0 Å². The molecule has 100 valence electrons. The molecule has 0 fully saturated rings. The first-order valence-electron chi connectivity index (χ1n) is 6.33. The molecule has 0 saturated heterocycles. The first kappa shape index (κ1) is 13.3. The molecule has 0 atom stereocenters. The Morgan fingerprint density at radius 3 is 2.84 bits per heavy atom. The molecular weight excluding hydrogens is 240 g/mol. The molecule has 0 bridgehead atoms. The van der Waals surface area contributed by atoms with E-state index in [0.717, 1.165) is 17.1 Å². The van der Waals surface area contributed by atoms with Crippen LogP contribution in [0.3, 0.4) is 0 Å². The Morgan fingerprint density at radius 1 is 1.37 bits per heavy atom. The summed E-state index contributed by atoms with van der Waals surface area (Å²) in [7, 11) is 0. The van der Waals surface area contributed by atoms with Crippen LogP contribution >= 0.6 is 0 Å². The van der Waals surface area contributed by atoms with Crippen molar-refractivity contribution in [3.8, 4) is 0 Å². The molecule has 2 aromatic heterocycles. The van der Waals surface area contributed by atoms with Gasteiger partial charge in [0.1, 0.15) is 0 Å². The largest absolute Gasteiger partial charge is 0.350 e. The fourth-order valence-electron chi connectivity index (χ4n) is 1.89. The third-order valence-electron chi connectivity index (χ3n) is 2.85. The van der Waals surface area contributed by atoms with E-state index in [4.69, 9.17) is 0 Å². The summed E-state index contributed by atoms with van der Waals surface area (Å²) in [6.45, 7) is 5.01. The second-order valence-corrected chi connectivity index (χ2v) is 4.50. The van der Waals surface area contributed by atoms with Crippen LogP contribution in [0.5, 0.6) is 0 Å². The molecule has 2 aromatic rings. The summed E-state index contributed by atoms with van der Waals surface area (Å²) in [5, 5.41) is 7.18. The first-order chi connectivity index (χ1) is 9.15. The molecule has 0 unspecified atom stereocenters. The summed E-state index contributed by atoms with van der Waals surface area (Å²) in [6.07, 6.45) is 2.15. The van der Waals surface area contributed by atoms with Gasteiger partial charge in [-0.25, -0.2) is 0 Å². The molecule has 0 radical (unpaired) electrons. The summed E-state index contributed by atoms with van der Waals surface area (Å²) in [5.74, 6) is 0.0122. The lowest BCUT2D eigenvalue weighted by molar-refractivity contribution is -0.121. The minimum Gasteiger partial charge on any atom is -0.350 e. The lowest BCUT2D eigenvalue weighted by Crippen LogP contribution is -2.24. The number of aromatic nitrogens is 3. The Labute approximate surface area is 112 Å². The second kappa shape index (κ2) is 6.13. The highest BCUT2D eigenvalue weighted by Crippen LogP contribution is 2.02. The monoisotopic (exact) mass is 258 g/mol. The molecule has 0 aliphatic heterocycles. The number of nitrogens with one attached hydrogen (secondary N) is 1. The van der Waals surface area contributed by atoms with Crippen molar-refractivity contribution in [2.45, 2.75) is 33.4 Å². The number of amides is 1. The highest BCUT2D eigenvalue weighted by molar-refractivity contribution is 5.75. The van der Waals surface area contributed by atoms with E-state index in [0.29, 0.717) is 19.5 Å². The Balaban J connectivity index is 1.77. The van der Waals surface area contributed by atoms with E-state index in [-0.39, 0.29) is 5.91 Å². The quantitative estimate of drug-likeness (QED) is 0.886. The Bertz CT molecular complexity index is 548. The van der Waals surface area contributed by atoms with Gasteiger partial charge < -0.3 is 5.32 Å². The summed E-state index contributed by atoms with van der Waals surface area (Å²) >= 11 is 0. The van der Waals surface area contributed by atoms with Gasteiger partial charge in [-0.3, -0.25) is 14.5 Å². The average Bonchev–Trinajstić information content (AvgIpc) is 2.73. The maximum Gasteiger partial charge on any atom is 0.222 e. The summed E-state index contributed by atoms with van der Waals surface area (Å²) in [6, 6.07) is 7.66. The Hall–Kier alpha value is -2.17. The second-order valence-electron chi connectivity index (χ2n) is 4.50. The van der Waals surface area contributed by atoms with Crippen LogP contribution in [-0.2, 0) is 17.9 Å². The van der Waals surface area contributed by atoms with Crippen molar-refractivity contribution in [1.82, 2.24) is 20.1 Å². The maximum absolute atomic E-state index is 11.7. The van der Waals surface area contributed by atoms with Crippen LogP contribution in [0.4, 0.5) is 0 Å². The van der Waals surface area contributed by atoms with Crippen molar-refractivity contribution in [3.63, 3.8) is 0 Å². The predicted octanol–water partition coefficient (Wildman–Crippen LogP) is 1.60. The zero-order valence-corrected chi connectivity index (χ0v) is 11.3. The van der Waals surface area contributed by atoms with Gasteiger partial charge in [0.05, 0.1) is 17.9 Å². The van der Waals surface area contributed by atoms with Crippen LogP contribution in [-0.4, -0.2) is 20.7 Å². The molecule has 1 amide bonds. The number of carbonyl (C=O) groups excluding carboxylic acids is 1. The van der Waals surface area contributed by atoms with Gasteiger partial charge in [0, 0.05) is 24.9 Å². The van der Waals surface area contributed by atoms with E-state index in [2.05, 4.69) is 15.4 Å². The molecule has 0 aliphatic carbocycles. The zero-order chi connectivity index (χ0) is 13.7. The van der Waals surface area contributed by atoms with Gasteiger partial charge in [0.25, 0.3) is 0 Å². The van der Waals surface area contributed by atoms with Crippen molar-refractivity contribution in [1.29, 1.82) is 0 Å². The fourth-order valence-corrected chi connectivity index (χ4v) is 1.89. The smallest absolute Gasteiger partial charge is 0.222 e. The van der Waals surface area contributed by atoms with Gasteiger partial charge in [-0.1, -0.05) is 6.07 Å². The molecule has 19 heavy (non-hydrogen) atoms. The number of nitrogens with zero attached hydrogens (tertiary/aromatic N) is 3. The van der Waals surface area contributed by atoms with E-state index in [1.807, 2.05) is 42.8 Å². The van der Waals surface area contributed by atoms with Crippen LogP contribution in [0.2, 0.25) is 0 Å². The normalized spacial score (nSPS) is 10.4. The molecular formula is C14H18N4O. The number of hydrogen-bond donors (Lipinski definition) is 1. The van der Waals surface area contributed by atoms with Crippen molar-refractivity contribution in [2.75, 3.05) is 0 Å². The number of aryl methyl sites for hydroxylation is 3. The van der Waals surface area contributed by atoms with Crippen molar-refractivity contribution >= 4 is 5.91 Å². The number of hydrogen-bond acceptors (Lipinski definition) is 3. The summed E-state index contributed by atoms with van der Waals surface area (Å²) < 4.78 is 1.86. The predicted molar refractivity (Wildman–Crippen MR) is 72.4 cm³/mol. The zero-order valence-electron chi connectivity index (χ0n) is 11.3. The fraction of sp³-hybridized carbons (Fsp3) is 0.357. The van der Waals surface area contributed by atoms with Crippen LogP contribution in [0.25, 0.3) is 0 Å².